The third kappa shape index (κ3) is 3.63. The molecule has 1 fully saturated rings. The van der Waals surface area contributed by atoms with Crippen molar-refractivity contribution in [2.75, 3.05) is 26.3 Å². The number of hydrogen-bond donors (Lipinski definition) is 1. The molecule has 1 heterocycles. The maximum atomic E-state index is 9.06. The summed E-state index contributed by atoms with van der Waals surface area (Å²) in [6, 6.07) is 0.385. The molecule has 0 aromatic carbocycles. The van der Waals surface area contributed by atoms with Gasteiger partial charge < -0.3 is 9.84 Å². The fourth-order valence-electron chi connectivity index (χ4n) is 1.80. The number of rotatable bonds is 5. The second-order valence-electron chi connectivity index (χ2n) is 3.93. The summed E-state index contributed by atoms with van der Waals surface area (Å²) in [5, 5.41) is 9.06. The van der Waals surface area contributed by atoms with Crippen molar-refractivity contribution in [3.63, 3.8) is 0 Å². The van der Waals surface area contributed by atoms with Crippen molar-refractivity contribution in [1.82, 2.24) is 4.90 Å². The molecule has 1 saturated heterocycles. The summed E-state index contributed by atoms with van der Waals surface area (Å²) < 4.78 is 5.47. The van der Waals surface area contributed by atoms with Gasteiger partial charge in [-0.1, -0.05) is 0 Å². The van der Waals surface area contributed by atoms with Gasteiger partial charge in [-0.05, 0) is 33.2 Å². The molecule has 1 rings (SSSR count). The maximum absolute atomic E-state index is 9.06. The Bertz CT molecular complexity index is 139. The van der Waals surface area contributed by atoms with E-state index in [2.05, 4.69) is 4.90 Å². The van der Waals surface area contributed by atoms with E-state index in [1.54, 1.807) is 0 Å². The third-order valence-corrected chi connectivity index (χ3v) is 2.54. The predicted octanol–water partition coefficient (Wildman–Crippen LogP) is 0.868. The Kier molecular flexibility index (Phi) is 4.70. The number of aliphatic hydroxyl groups excluding tert-OH is 1. The standard InChI is InChI=1S/C10H21NO2/c1-9(2)13-7-6-11-5-3-4-10(11)8-12/h9-10,12H,3-8H2,1-2H3/t10-/m1/s1. The molecule has 1 atom stereocenters. The molecule has 0 aromatic rings. The van der Waals surface area contributed by atoms with Gasteiger partial charge in [-0.3, -0.25) is 4.90 Å². The molecule has 3 nitrogen and oxygen atoms in total. The molecule has 0 amide bonds. The van der Waals surface area contributed by atoms with Crippen LogP contribution < -0.4 is 0 Å². The van der Waals surface area contributed by atoms with Crippen LogP contribution in [0.15, 0.2) is 0 Å². The molecule has 0 aromatic heterocycles. The van der Waals surface area contributed by atoms with Gasteiger partial charge in [0.2, 0.25) is 0 Å². The molecule has 0 bridgehead atoms. The highest BCUT2D eigenvalue weighted by molar-refractivity contribution is 4.77. The lowest BCUT2D eigenvalue weighted by molar-refractivity contribution is 0.0497. The summed E-state index contributed by atoms with van der Waals surface area (Å²) in [6.07, 6.45) is 2.67. The molecule has 13 heavy (non-hydrogen) atoms. The van der Waals surface area contributed by atoms with Crippen molar-refractivity contribution in [3.8, 4) is 0 Å². The van der Waals surface area contributed by atoms with Gasteiger partial charge in [-0.2, -0.15) is 0 Å². The van der Waals surface area contributed by atoms with Crippen LogP contribution in [0.3, 0.4) is 0 Å². The first-order chi connectivity index (χ1) is 6.24. The van der Waals surface area contributed by atoms with Gasteiger partial charge >= 0.3 is 0 Å². The number of hydrogen-bond acceptors (Lipinski definition) is 3. The van der Waals surface area contributed by atoms with E-state index in [-0.39, 0.29) is 0 Å². The second-order valence-corrected chi connectivity index (χ2v) is 3.93. The monoisotopic (exact) mass is 187 g/mol. The van der Waals surface area contributed by atoms with E-state index >= 15 is 0 Å². The van der Waals surface area contributed by atoms with E-state index in [1.807, 2.05) is 13.8 Å². The number of likely N-dealkylation sites (tertiary alicyclic amines) is 1. The Balaban J connectivity index is 2.13. The number of nitrogens with zero attached hydrogens (tertiary/aromatic N) is 1. The minimum absolute atomic E-state index is 0.293. The van der Waals surface area contributed by atoms with Crippen molar-refractivity contribution in [3.05, 3.63) is 0 Å². The molecular formula is C10H21NO2. The fraction of sp³-hybridized carbons (Fsp3) is 1.00. The van der Waals surface area contributed by atoms with Crippen molar-refractivity contribution < 1.29 is 9.84 Å². The maximum Gasteiger partial charge on any atom is 0.0597 e. The lowest BCUT2D eigenvalue weighted by atomic mass is 10.2. The lowest BCUT2D eigenvalue weighted by Gasteiger charge is -2.22. The zero-order chi connectivity index (χ0) is 9.68. The number of aliphatic hydroxyl groups is 1. The Morgan fingerprint density at radius 1 is 1.54 bits per heavy atom. The molecule has 0 saturated carbocycles. The lowest BCUT2D eigenvalue weighted by Crippen LogP contribution is -2.35. The highest BCUT2D eigenvalue weighted by Crippen LogP contribution is 2.15. The zero-order valence-electron chi connectivity index (χ0n) is 8.70. The van der Waals surface area contributed by atoms with Crippen LogP contribution in [-0.4, -0.2) is 48.5 Å². The summed E-state index contributed by atoms with van der Waals surface area (Å²) >= 11 is 0. The van der Waals surface area contributed by atoms with Crippen molar-refractivity contribution >= 4 is 0 Å². The van der Waals surface area contributed by atoms with Crippen LogP contribution in [-0.2, 0) is 4.74 Å². The molecule has 1 aliphatic heterocycles. The average Bonchev–Trinajstić information content (AvgIpc) is 2.51. The van der Waals surface area contributed by atoms with Crippen LogP contribution in [0.4, 0.5) is 0 Å². The quantitative estimate of drug-likeness (QED) is 0.693. The van der Waals surface area contributed by atoms with Gasteiger partial charge in [0, 0.05) is 12.6 Å². The summed E-state index contributed by atoms with van der Waals surface area (Å²) in [5.74, 6) is 0. The molecule has 0 unspecified atom stereocenters. The van der Waals surface area contributed by atoms with E-state index in [0.29, 0.717) is 18.8 Å². The van der Waals surface area contributed by atoms with E-state index in [0.717, 1.165) is 26.1 Å². The van der Waals surface area contributed by atoms with Crippen molar-refractivity contribution in [1.29, 1.82) is 0 Å². The van der Waals surface area contributed by atoms with Crippen LogP contribution in [0.5, 0.6) is 0 Å². The van der Waals surface area contributed by atoms with Crippen LogP contribution in [0, 0.1) is 0 Å². The Hall–Kier alpha value is -0.120. The Morgan fingerprint density at radius 3 is 2.92 bits per heavy atom. The number of ether oxygens (including phenoxy) is 1. The zero-order valence-corrected chi connectivity index (χ0v) is 8.70. The molecule has 1 N–H and O–H groups in total. The molecule has 0 aliphatic carbocycles. The van der Waals surface area contributed by atoms with Crippen LogP contribution >= 0.6 is 0 Å². The largest absolute Gasteiger partial charge is 0.395 e. The summed E-state index contributed by atoms with van der Waals surface area (Å²) in [5.41, 5.74) is 0. The summed E-state index contributed by atoms with van der Waals surface area (Å²) in [4.78, 5) is 2.32. The van der Waals surface area contributed by atoms with Gasteiger partial charge in [0.1, 0.15) is 0 Å². The van der Waals surface area contributed by atoms with Crippen LogP contribution in [0.2, 0.25) is 0 Å². The highest BCUT2D eigenvalue weighted by atomic mass is 16.5. The van der Waals surface area contributed by atoms with E-state index < -0.39 is 0 Å². The van der Waals surface area contributed by atoms with Crippen LogP contribution in [0.1, 0.15) is 26.7 Å². The molecule has 0 radical (unpaired) electrons. The molecule has 78 valence electrons. The van der Waals surface area contributed by atoms with Crippen molar-refractivity contribution in [2.24, 2.45) is 0 Å². The Labute approximate surface area is 80.7 Å². The molecule has 0 spiro atoms. The normalized spacial score (nSPS) is 24.5. The SMILES string of the molecule is CC(C)OCCN1CCC[C@@H]1CO. The minimum atomic E-state index is 0.293. The van der Waals surface area contributed by atoms with Gasteiger partial charge in [0.25, 0.3) is 0 Å². The topological polar surface area (TPSA) is 32.7 Å². The van der Waals surface area contributed by atoms with Gasteiger partial charge in [0.15, 0.2) is 0 Å². The van der Waals surface area contributed by atoms with Gasteiger partial charge in [0.05, 0.1) is 19.3 Å². The molecule has 1 aliphatic rings. The molecule has 3 heteroatoms. The first-order valence-electron chi connectivity index (χ1n) is 5.20. The first-order valence-corrected chi connectivity index (χ1v) is 5.20. The van der Waals surface area contributed by atoms with Crippen molar-refractivity contribution in [2.45, 2.75) is 38.8 Å². The predicted molar refractivity (Wildman–Crippen MR) is 52.8 cm³/mol. The summed E-state index contributed by atoms with van der Waals surface area (Å²) in [6.45, 7) is 7.26. The average molecular weight is 187 g/mol. The second kappa shape index (κ2) is 5.58. The summed E-state index contributed by atoms with van der Waals surface area (Å²) in [7, 11) is 0. The smallest absolute Gasteiger partial charge is 0.0597 e. The Morgan fingerprint density at radius 2 is 2.31 bits per heavy atom. The first kappa shape index (κ1) is 11.0. The fourth-order valence-corrected chi connectivity index (χ4v) is 1.80. The minimum Gasteiger partial charge on any atom is -0.395 e. The highest BCUT2D eigenvalue weighted by Gasteiger charge is 2.22. The van der Waals surface area contributed by atoms with E-state index in [1.165, 1.54) is 6.42 Å². The van der Waals surface area contributed by atoms with Gasteiger partial charge in [-0.15, -0.1) is 0 Å². The van der Waals surface area contributed by atoms with Gasteiger partial charge in [-0.25, -0.2) is 0 Å². The molecular weight excluding hydrogens is 166 g/mol. The van der Waals surface area contributed by atoms with E-state index in [9.17, 15) is 0 Å². The third-order valence-electron chi connectivity index (χ3n) is 2.54. The van der Waals surface area contributed by atoms with Crippen LogP contribution in [0.25, 0.3) is 0 Å². The van der Waals surface area contributed by atoms with E-state index in [4.69, 9.17) is 9.84 Å².